The quantitative estimate of drug-likeness (QED) is 0.921. The van der Waals surface area contributed by atoms with E-state index in [1.807, 2.05) is 18.2 Å². The molecule has 0 aliphatic carbocycles. The summed E-state index contributed by atoms with van der Waals surface area (Å²) in [7, 11) is 1.51. The maximum absolute atomic E-state index is 11.1. The highest BCUT2D eigenvalue weighted by molar-refractivity contribution is 6.30. The molecule has 0 aromatic heterocycles. The monoisotopic (exact) mass is 291 g/mol. The van der Waals surface area contributed by atoms with Crippen molar-refractivity contribution in [2.75, 3.05) is 7.11 Å². The van der Waals surface area contributed by atoms with E-state index < -0.39 is 5.91 Å². The lowest BCUT2D eigenvalue weighted by atomic mass is 10.2. The van der Waals surface area contributed by atoms with Gasteiger partial charge in [-0.3, -0.25) is 4.79 Å². The van der Waals surface area contributed by atoms with Crippen LogP contribution in [0.5, 0.6) is 11.5 Å². The summed E-state index contributed by atoms with van der Waals surface area (Å²) in [5.41, 5.74) is 6.53. The smallest absolute Gasteiger partial charge is 0.248 e. The van der Waals surface area contributed by atoms with Crippen molar-refractivity contribution in [2.24, 2.45) is 5.73 Å². The van der Waals surface area contributed by atoms with E-state index in [0.717, 1.165) is 5.56 Å². The summed E-state index contributed by atoms with van der Waals surface area (Å²) >= 11 is 5.91. The first-order valence-electron chi connectivity index (χ1n) is 5.95. The number of halogens is 1. The average Bonchev–Trinajstić information content (AvgIpc) is 2.45. The molecule has 2 aromatic rings. The molecule has 2 rings (SSSR count). The van der Waals surface area contributed by atoms with E-state index in [0.29, 0.717) is 28.7 Å². The van der Waals surface area contributed by atoms with E-state index >= 15 is 0 Å². The number of methoxy groups -OCH3 is 1. The second-order valence-corrected chi connectivity index (χ2v) is 4.58. The molecule has 0 aliphatic rings. The third-order valence-electron chi connectivity index (χ3n) is 2.73. The molecule has 0 spiro atoms. The summed E-state index contributed by atoms with van der Waals surface area (Å²) in [6.07, 6.45) is 0. The first kappa shape index (κ1) is 14.2. The fourth-order valence-electron chi connectivity index (χ4n) is 1.73. The molecule has 0 atom stereocenters. The van der Waals surface area contributed by atoms with Gasteiger partial charge in [-0.25, -0.2) is 0 Å². The molecule has 20 heavy (non-hydrogen) atoms. The Morgan fingerprint density at radius 2 is 2.00 bits per heavy atom. The zero-order valence-corrected chi connectivity index (χ0v) is 11.7. The number of hydrogen-bond acceptors (Lipinski definition) is 3. The fraction of sp³-hybridized carbons (Fsp3) is 0.133. The van der Waals surface area contributed by atoms with Crippen molar-refractivity contribution in [3.8, 4) is 11.5 Å². The van der Waals surface area contributed by atoms with E-state index in [2.05, 4.69) is 0 Å². The highest BCUT2D eigenvalue weighted by atomic mass is 35.5. The third-order valence-corrected chi connectivity index (χ3v) is 2.97. The molecule has 0 bridgehead atoms. The van der Waals surface area contributed by atoms with Gasteiger partial charge >= 0.3 is 0 Å². The van der Waals surface area contributed by atoms with Crippen LogP contribution in [0.25, 0.3) is 0 Å². The molecule has 0 radical (unpaired) electrons. The van der Waals surface area contributed by atoms with E-state index in [9.17, 15) is 4.79 Å². The van der Waals surface area contributed by atoms with Gasteiger partial charge in [0.05, 0.1) is 7.11 Å². The van der Waals surface area contributed by atoms with Crippen molar-refractivity contribution >= 4 is 17.5 Å². The zero-order valence-electron chi connectivity index (χ0n) is 10.9. The fourth-order valence-corrected chi connectivity index (χ4v) is 1.94. The number of ether oxygens (including phenoxy) is 2. The molecule has 0 saturated carbocycles. The summed E-state index contributed by atoms with van der Waals surface area (Å²) in [4.78, 5) is 11.1. The lowest BCUT2D eigenvalue weighted by molar-refractivity contribution is 0.1000. The standard InChI is InChI=1S/C15H14ClNO3/c1-19-14-8-11(15(17)18)5-6-13(14)20-9-10-3-2-4-12(16)7-10/h2-8H,9H2,1H3,(H2,17,18). The third kappa shape index (κ3) is 3.42. The van der Waals surface area contributed by atoms with Crippen molar-refractivity contribution < 1.29 is 14.3 Å². The summed E-state index contributed by atoms with van der Waals surface area (Å²) in [6.45, 7) is 0.354. The molecule has 0 fully saturated rings. The molecule has 2 aromatic carbocycles. The van der Waals surface area contributed by atoms with Crippen molar-refractivity contribution in [3.63, 3.8) is 0 Å². The SMILES string of the molecule is COc1cc(C(N)=O)ccc1OCc1cccc(Cl)c1. The Balaban J connectivity index is 2.15. The van der Waals surface area contributed by atoms with Gasteiger partial charge in [0, 0.05) is 10.6 Å². The van der Waals surface area contributed by atoms with Crippen LogP contribution >= 0.6 is 11.6 Å². The van der Waals surface area contributed by atoms with Crippen LogP contribution in [0.2, 0.25) is 5.02 Å². The Kier molecular flexibility index (Phi) is 4.48. The molecule has 4 nitrogen and oxygen atoms in total. The van der Waals surface area contributed by atoms with Crippen LogP contribution in [-0.2, 0) is 6.61 Å². The molecule has 104 valence electrons. The van der Waals surface area contributed by atoms with Gasteiger partial charge in [0.2, 0.25) is 5.91 Å². The topological polar surface area (TPSA) is 61.5 Å². The van der Waals surface area contributed by atoms with Gasteiger partial charge < -0.3 is 15.2 Å². The lowest BCUT2D eigenvalue weighted by Crippen LogP contribution is -2.11. The Hall–Kier alpha value is -2.20. The minimum Gasteiger partial charge on any atom is -0.493 e. The maximum atomic E-state index is 11.1. The molecule has 5 heteroatoms. The summed E-state index contributed by atoms with van der Waals surface area (Å²) in [6, 6.07) is 12.2. The zero-order chi connectivity index (χ0) is 14.5. The highest BCUT2D eigenvalue weighted by Gasteiger charge is 2.09. The molecular formula is C15H14ClNO3. The number of benzene rings is 2. The molecule has 2 N–H and O–H groups in total. The van der Waals surface area contributed by atoms with E-state index in [1.54, 1.807) is 24.3 Å². The number of rotatable bonds is 5. The number of amides is 1. The minimum atomic E-state index is -0.510. The number of carbonyl (C=O) groups is 1. The molecule has 0 unspecified atom stereocenters. The van der Waals surface area contributed by atoms with Crippen molar-refractivity contribution in [1.29, 1.82) is 0 Å². The Bertz CT molecular complexity index is 628. The van der Waals surface area contributed by atoms with Crippen LogP contribution in [-0.4, -0.2) is 13.0 Å². The highest BCUT2D eigenvalue weighted by Crippen LogP contribution is 2.28. The molecule has 1 amide bonds. The molecule has 0 heterocycles. The summed E-state index contributed by atoms with van der Waals surface area (Å²) in [5, 5.41) is 0.655. The first-order chi connectivity index (χ1) is 9.60. The van der Waals surface area contributed by atoms with Crippen LogP contribution < -0.4 is 15.2 Å². The number of carbonyl (C=O) groups excluding carboxylic acids is 1. The van der Waals surface area contributed by atoms with E-state index in [4.69, 9.17) is 26.8 Å². The van der Waals surface area contributed by atoms with Gasteiger partial charge in [0.1, 0.15) is 6.61 Å². The predicted molar refractivity (Wildman–Crippen MR) is 77.3 cm³/mol. The van der Waals surface area contributed by atoms with Crippen LogP contribution in [0.1, 0.15) is 15.9 Å². The minimum absolute atomic E-state index is 0.354. The van der Waals surface area contributed by atoms with Crippen molar-refractivity contribution in [1.82, 2.24) is 0 Å². The second-order valence-electron chi connectivity index (χ2n) is 4.15. The summed E-state index contributed by atoms with van der Waals surface area (Å²) in [5.74, 6) is 0.491. The largest absolute Gasteiger partial charge is 0.493 e. The number of nitrogens with two attached hydrogens (primary N) is 1. The normalized spacial score (nSPS) is 10.1. The molecule has 0 saturated heterocycles. The maximum Gasteiger partial charge on any atom is 0.248 e. The van der Waals surface area contributed by atoms with Crippen LogP contribution in [0.4, 0.5) is 0 Å². The van der Waals surface area contributed by atoms with Gasteiger partial charge in [0.15, 0.2) is 11.5 Å². The van der Waals surface area contributed by atoms with E-state index in [1.165, 1.54) is 7.11 Å². The molecular weight excluding hydrogens is 278 g/mol. The van der Waals surface area contributed by atoms with Crippen LogP contribution in [0.15, 0.2) is 42.5 Å². The lowest BCUT2D eigenvalue weighted by Gasteiger charge is -2.11. The van der Waals surface area contributed by atoms with Crippen molar-refractivity contribution in [3.05, 3.63) is 58.6 Å². The van der Waals surface area contributed by atoms with Gasteiger partial charge in [0.25, 0.3) is 0 Å². The van der Waals surface area contributed by atoms with Crippen LogP contribution in [0, 0.1) is 0 Å². The Morgan fingerprint density at radius 1 is 1.20 bits per heavy atom. The number of primary amides is 1. The first-order valence-corrected chi connectivity index (χ1v) is 6.33. The molecule has 0 aliphatic heterocycles. The van der Waals surface area contributed by atoms with Gasteiger partial charge in [-0.15, -0.1) is 0 Å². The number of hydrogen-bond donors (Lipinski definition) is 1. The van der Waals surface area contributed by atoms with Crippen molar-refractivity contribution in [2.45, 2.75) is 6.61 Å². The van der Waals surface area contributed by atoms with Gasteiger partial charge in [-0.05, 0) is 35.9 Å². The predicted octanol–water partition coefficient (Wildman–Crippen LogP) is 3.03. The van der Waals surface area contributed by atoms with E-state index in [-0.39, 0.29) is 0 Å². The van der Waals surface area contributed by atoms with Gasteiger partial charge in [-0.1, -0.05) is 23.7 Å². The Labute approximate surface area is 122 Å². The van der Waals surface area contributed by atoms with Crippen LogP contribution in [0.3, 0.4) is 0 Å². The summed E-state index contributed by atoms with van der Waals surface area (Å²) < 4.78 is 10.9. The van der Waals surface area contributed by atoms with Gasteiger partial charge in [-0.2, -0.15) is 0 Å². The second kappa shape index (κ2) is 6.30. The average molecular weight is 292 g/mol. The Morgan fingerprint density at radius 3 is 2.65 bits per heavy atom.